The van der Waals surface area contributed by atoms with Crippen LogP contribution in [0.1, 0.15) is 18.1 Å². The summed E-state index contributed by atoms with van der Waals surface area (Å²) in [6, 6.07) is 21.0. The third-order valence-corrected chi connectivity index (χ3v) is 6.38. The number of thioether (sulfide) groups is 1. The lowest BCUT2D eigenvalue weighted by Gasteiger charge is -2.12. The second-order valence-corrected chi connectivity index (χ2v) is 9.54. The second kappa shape index (κ2) is 12.8. The summed E-state index contributed by atoms with van der Waals surface area (Å²) in [7, 11) is 0. The summed E-state index contributed by atoms with van der Waals surface area (Å²) in [6.45, 7) is 3.79. The molecule has 200 valence electrons. The van der Waals surface area contributed by atoms with Crippen molar-refractivity contribution in [2.75, 3.05) is 30.4 Å². The average Bonchev–Trinajstić information content (AvgIpc) is 3.17. The largest absolute Gasteiger partial charge is 0.494 e. The number of benzene rings is 3. The van der Waals surface area contributed by atoms with E-state index >= 15 is 0 Å². The van der Waals surface area contributed by atoms with Gasteiger partial charge in [-0.05, 0) is 91.3 Å². The van der Waals surface area contributed by atoms with Gasteiger partial charge in [-0.2, -0.15) is 0 Å². The molecule has 0 bridgehead atoms. The van der Waals surface area contributed by atoms with Gasteiger partial charge in [-0.3, -0.25) is 24.1 Å². The number of aryl methyl sites for hydroxylation is 1. The SMILES string of the molecule is CCOc1ccc(NC(=O)CN2C(=O)S/C(=C/c3ccc(OCC(=O)Nc4cccc(C)c4)cc3)C2=O)cc1. The first kappa shape index (κ1) is 27.5. The maximum absolute atomic E-state index is 12.8. The molecule has 4 rings (SSSR count). The predicted molar refractivity (Wildman–Crippen MR) is 151 cm³/mol. The molecule has 0 unspecified atom stereocenters. The zero-order chi connectivity index (χ0) is 27.8. The molecule has 1 aliphatic rings. The van der Waals surface area contributed by atoms with E-state index in [1.807, 2.05) is 32.0 Å². The number of amides is 4. The van der Waals surface area contributed by atoms with E-state index in [4.69, 9.17) is 9.47 Å². The Balaban J connectivity index is 1.29. The van der Waals surface area contributed by atoms with Gasteiger partial charge in [0.1, 0.15) is 18.0 Å². The molecule has 3 aromatic carbocycles. The first-order valence-electron chi connectivity index (χ1n) is 12.2. The van der Waals surface area contributed by atoms with Gasteiger partial charge in [0, 0.05) is 11.4 Å². The van der Waals surface area contributed by atoms with Crippen LogP contribution in [0.4, 0.5) is 16.2 Å². The summed E-state index contributed by atoms with van der Waals surface area (Å²) in [5.41, 5.74) is 2.92. The van der Waals surface area contributed by atoms with Crippen LogP contribution in [0.5, 0.6) is 11.5 Å². The van der Waals surface area contributed by atoms with Gasteiger partial charge in [0.15, 0.2) is 6.61 Å². The van der Waals surface area contributed by atoms with Crippen molar-refractivity contribution in [1.82, 2.24) is 4.90 Å². The molecular weight excluding hydrogens is 518 g/mol. The van der Waals surface area contributed by atoms with Crippen molar-refractivity contribution in [3.05, 3.63) is 88.8 Å². The van der Waals surface area contributed by atoms with Crippen LogP contribution in [0.3, 0.4) is 0 Å². The van der Waals surface area contributed by atoms with E-state index in [1.165, 1.54) is 0 Å². The number of carbonyl (C=O) groups is 4. The van der Waals surface area contributed by atoms with Crippen molar-refractivity contribution in [2.45, 2.75) is 13.8 Å². The third kappa shape index (κ3) is 7.71. The van der Waals surface area contributed by atoms with Crippen LogP contribution >= 0.6 is 11.8 Å². The van der Waals surface area contributed by atoms with Crippen molar-refractivity contribution in [3.8, 4) is 11.5 Å². The molecule has 0 saturated carbocycles. The number of carbonyl (C=O) groups excluding carboxylic acids is 4. The monoisotopic (exact) mass is 545 g/mol. The van der Waals surface area contributed by atoms with Crippen LogP contribution < -0.4 is 20.1 Å². The Kier molecular flexibility index (Phi) is 9.01. The van der Waals surface area contributed by atoms with Crippen molar-refractivity contribution in [3.63, 3.8) is 0 Å². The molecule has 9 nitrogen and oxygen atoms in total. The molecule has 0 spiro atoms. The Hall–Kier alpha value is -4.57. The summed E-state index contributed by atoms with van der Waals surface area (Å²) < 4.78 is 10.9. The first-order valence-corrected chi connectivity index (χ1v) is 13.0. The van der Waals surface area contributed by atoms with Crippen LogP contribution in [0, 0.1) is 6.92 Å². The zero-order valence-electron chi connectivity index (χ0n) is 21.4. The molecule has 1 aliphatic heterocycles. The van der Waals surface area contributed by atoms with Crippen molar-refractivity contribution < 1.29 is 28.7 Å². The number of ether oxygens (including phenoxy) is 2. The normalized spacial score (nSPS) is 13.9. The van der Waals surface area contributed by atoms with E-state index in [1.54, 1.807) is 60.7 Å². The number of hydrogen-bond acceptors (Lipinski definition) is 7. The quantitative estimate of drug-likeness (QED) is 0.341. The highest BCUT2D eigenvalue weighted by Gasteiger charge is 2.36. The first-order chi connectivity index (χ1) is 18.8. The Labute approximate surface area is 230 Å². The molecule has 10 heteroatoms. The fourth-order valence-electron chi connectivity index (χ4n) is 3.66. The summed E-state index contributed by atoms with van der Waals surface area (Å²) in [5.74, 6) is -0.166. The van der Waals surface area contributed by atoms with Crippen LogP contribution in [0.2, 0.25) is 0 Å². The highest BCUT2D eigenvalue weighted by Crippen LogP contribution is 2.32. The number of rotatable bonds is 10. The van der Waals surface area contributed by atoms with Gasteiger partial charge in [0.25, 0.3) is 17.1 Å². The summed E-state index contributed by atoms with van der Waals surface area (Å²) in [5, 5.41) is 4.93. The lowest BCUT2D eigenvalue weighted by Crippen LogP contribution is -2.36. The molecule has 0 aliphatic carbocycles. The number of anilines is 2. The molecule has 39 heavy (non-hydrogen) atoms. The molecule has 1 saturated heterocycles. The molecule has 4 amide bonds. The van der Waals surface area contributed by atoms with Gasteiger partial charge in [0.2, 0.25) is 5.91 Å². The van der Waals surface area contributed by atoms with Crippen molar-refractivity contribution in [1.29, 1.82) is 0 Å². The van der Waals surface area contributed by atoms with E-state index in [0.29, 0.717) is 35.0 Å². The van der Waals surface area contributed by atoms with Crippen molar-refractivity contribution in [2.24, 2.45) is 0 Å². The van der Waals surface area contributed by atoms with Crippen molar-refractivity contribution >= 4 is 52.2 Å². The molecule has 3 aromatic rings. The minimum atomic E-state index is -0.542. The Morgan fingerprint density at radius 2 is 1.54 bits per heavy atom. The Bertz CT molecular complexity index is 1400. The number of imide groups is 1. The van der Waals surface area contributed by atoms with Gasteiger partial charge in [-0.25, -0.2) is 0 Å². The van der Waals surface area contributed by atoms with Crippen LogP contribution in [0.15, 0.2) is 77.7 Å². The molecule has 0 radical (unpaired) electrons. The standard InChI is InChI=1S/C29H27N3O6S/c1-3-37-23-13-9-21(10-14-23)30-26(33)17-32-28(35)25(39-29(32)36)16-20-7-11-24(12-8-20)38-18-27(34)31-22-6-4-5-19(2)15-22/h4-16H,3,17-18H2,1-2H3,(H,30,33)(H,31,34)/b25-16+. The minimum absolute atomic E-state index is 0.162. The lowest BCUT2D eigenvalue weighted by atomic mass is 10.2. The zero-order valence-corrected chi connectivity index (χ0v) is 22.2. The predicted octanol–water partition coefficient (Wildman–Crippen LogP) is 5.09. The maximum Gasteiger partial charge on any atom is 0.294 e. The molecule has 1 heterocycles. The van der Waals surface area contributed by atoms with E-state index in [2.05, 4.69) is 10.6 Å². The summed E-state index contributed by atoms with van der Waals surface area (Å²) >= 11 is 0.770. The topological polar surface area (TPSA) is 114 Å². The Morgan fingerprint density at radius 3 is 2.23 bits per heavy atom. The average molecular weight is 546 g/mol. The molecule has 2 N–H and O–H groups in total. The molecular formula is C29H27N3O6S. The maximum atomic E-state index is 12.8. The third-order valence-electron chi connectivity index (χ3n) is 5.47. The highest BCUT2D eigenvalue weighted by atomic mass is 32.2. The highest BCUT2D eigenvalue weighted by molar-refractivity contribution is 8.18. The van der Waals surface area contributed by atoms with E-state index in [-0.39, 0.29) is 17.4 Å². The van der Waals surface area contributed by atoms with Gasteiger partial charge in [-0.1, -0.05) is 24.3 Å². The van der Waals surface area contributed by atoms with Gasteiger partial charge in [-0.15, -0.1) is 0 Å². The lowest BCUT2D eigenvalue weighted by molar-refractivity contribution is -0.127. The Morgan fingerprint density at radius 1 is 0.872 bits per heavy atom. The van der Waals surface area contributed by atoms with E-state index < -0.39 is 23.6 Å². The minimum Gasteiger partial charge on any atom is -0.494 e. The summed E-state index contributed by atoms with van der Waals surface area (Å²) in [4.78, 5) is 50.9. The van der Waals surface area contributed by atoms with Gasteiger partial charge >= 0.3 is 0 Å². The fourth-order valence-corrected chi connectivity index (χ4v) is 4.50. The van der Waals surface area contributed by atoms with Crippen LogP contribution in [-0.4, -0.2) is 47.6 Å². The molecule has 1 fully saturated rings. The van der Waals surface area contributed by atoms with Crippen LogP contribution in [0.25, 0.3) is 6.08 Å². The second-order valence-electron chi connectivity index (χ2n) is 8.55. The molecule has 0 aromatic heterocycles. The van der Waals surface area contributed by atoms with Gasteiger partial charge in [0.05, 0.1) is 11.5 Å². The number of nitrogens with zero attached hydrogens (tertiary/aromatic N) is 1. The number of hydrogen-bond donors (Lipinski definition) is 2. The van der Waals surface area contributed by atoms with E-state index in [9.17, 15) is 19.2 Å². The van der Waals surface area contributed by atoms with Gasteiger partial charge < -0.3 is 20.1 Å². The smallest absolute Gasteiger partial charge is 0.294 e. The fraction of sp³-hybridized carbons (Fsp3) is 0.172. The summed E-state index contributed by atoms with van der Waals surface area (Å²) in [6.07, 6.45) is 1.57. The van der Waals surface area contributed by atoms with Crippen LogP contribution in [-0.2, 0) is 14.4 Å². The molecule has 0 atom stereocenters. The van der Waals surface area contributed by atoms with E-state index in [0.717, 1.165) is 22.2 Å². The number of nitrogens with one attached hydrogen (secondary N) is 2.